The molecule has 4 aliphatic heterocycles. The van der Waals surface area contributed by atoms with E-state index in [1.54, 1.807) is 0 Å². The summed E-state index contributed by atoms with van der Waals surface area (Å²) in [6.07, 6.45) is 2.01. The second kappa shape index (κ2) is 13.4. The number of rotatable bonds is 12. The van der Waals surface area contributed by atoms with Crippen molar-refractivity contribution in [3.05, 3.63) is 0 Å². The Labute approximate surface area is 254 Å². The van der Waals surface area contributed by atoms with Gasteiger partial charge in [0.15, 0.2) is 11.9 Å². The van der Waals surface area contributed by atoms with Crippen LogP contribution >= 0.6 is 0 Å². The van der Waals surface area contributed by atoms with Crippen LogP contribution in [0.25, 0.3) is 0 Å². The number of ether oxygens (including phenoxy) is 3. The van der Waals surface area contributed by atoms with E-state index in [9.17, 15) is 24.3 Å². The first kappa shape index (κ1) is 33.6. The Bertz CT molecular complexity index is 1050. The third kappa shape index (κ3) is 7.34. The predicted octanol–water partition coefficient (Wildman–Crippen LogP) is 3.66. The molecule has 10 atom stereocenters. The van der Waals surface area contributed by atoms with Crippen LogP contribution in [0.3, 0.4) is 0 Å². The predicted molar refractivity (Wildman–Crippen MR) is 153 cm³/mol. The molecule has 0 aromatic rings. The van der Waals surface area contributed by atoms with Gasteiger partial charge in [-0.25, -0.2) is 14.6 Å². The van der Waals surface area contributed by atoms with Crippen LogP contribution in [0.5, 0.6) is 0 Å². The zero-order valence-electron chi connectivity index (χ0n) is 26.6. The third-order valence-electron chi connectivity index (χ3n) is 9.58. The maximum Gasteiger partial charge on any atom is 0.326 e. The van der Waals surface area contributed by atoms with Gasteiger partial charge in [0.1, 0.15) is 12.1 Å². The molecule has 1 spiro atoms. The quantitative estimate of drug-likeness (QED) is 0.220. The van der Waals surface area contributed by atoms with Crippen molar-refractivity contribution in [1.82, 2.24) is 10.6 Å². The number of aliphatic carboxylic acids is 1. The third-order valence-corrected chi connectivity index (χ3v) is 9.58. The van der Waals surface area contributed by atoms with Crippen molar-refractivity contribution in [2.75, 3.05) is 0 Å². The highest BCUT2D eigenvalue weighted by Crippen LogP contribution is 2.60. The van der Waals surface area contributed by atoms with Gasteiger partial charge in [-0.3, -0.25) is 14.4 Å². The molecule has 4 heterocycles. The average Bonchev–Trinajstić information content (AvgIpc) is 3.14. The lowest BCUT2D eigenvalue weighted by molar-refractivity contribution is -0.576. The molecule has 0 radical (unpaired) electrons. The lowest BCUT2D eigenvalue weighted by Gasteiger charge is -2.59. The highest BCUT2D eigenvalue weighted by molar-refractivity contribution is 5.91. The molecule has 0 aromatic heterocycles. The van der Waals surface area contributed by atoms with Gasteiger partial charge >= 0.3 is 11.9 Å². The van der Waals surface area contributed by atoms with Gasteiger partial charge in [-0.05, 0) is 62.7 Å². The van der Waals surface area contributed by atoms with Gasteiger partial charge in [0, 0.05) is 24.7 Å². The number of esters is 1. The minimum Gasteiger partial charge on any atom is -0.480 e. The van der Waals surface area contributed by atoms with Crippen molar-refractivity contribution < 1.29 is 48.3 Å². The lowest BCUT2D eigenvalue weighted by atomic mass is 9.58. The summed E-state index contributed by atoms with van der Waals surface area (Å²) in [7, 11) is 0. The largest absolute Gasteiger partial charge is 0.480 e. The molecule has 2 amide bonds. The fraction of sp³-hybridized carbons (Fsp3) is 0.871. The summed E-state index contributed by atoms with van der Waals surface area (Å²) in [6, 6.07) is -1.98. The molecule has 12 nitrogen and oxygen atoms in total. The van der Waals surface area contributed by atoms with Gasteiger partial charge in [-0.2, -0.15) is 0 Å². The summed E-state index contributed by atoms with van der Waals surface area (Å²) >= 11 is 0. The van der Waals surface area contributed by atoms with E-state index >= 15 is 0 Å². The van der Waals surface area contributed by atoms with Crippen molar-refractivity contribution >= 4 is 23.8 Å². The van der Waals surface area contributed by atoms with Crippen LogP contribution in [0, 0.1) is 35.5 Å². The Kier molecular flexibility index (Phi) is 10.5. The normalized spacial score (nSPS) is 36.3. The van der Waals surface area contributed by atoms with E-state index in [0.29, 0.717) is 18.8 Å². The van der Waals surface area contributed by atoms with Crippen molar-refractivity contribution in [2.45, 2.75) is 136 Å². The Morgan fingerprint density at radius 2 is 1.58 bits per heavy atom. The number of nitrogens with one attached hydrogen (secondary N) is 2. The monoisotopic (exact) mass is 610 g/mol. The number of carbonyl (C=O) groups excluding carboxylic acids is 3. The maximum atomic E-state index is 12.9. The smallest absolute Gasteiger partial charge is 0.326 e. The summed E-state index contributed by atoms with van der Waals surface area (Å²) in [4.78, 5) is 62.3. The van der Waals surface area contributed by atoms with Gasteiger partial charge in [0.05, 0.1) is 6.42 Å². The first-order valence-corrected chi connectivity index (χ1v) is 15.9. The number of amides is 2. The fourth-order valence-electron chi connectivity index (χ4n) is 7.35. The molecule has 43 heavy (non-hydrogen) atoms. The molecule has 244 valence electrons. The molecule has 5 rings (SSSR count). The molecular formula is C31H50N2O10. The van der Waals surface area contributed by atoms with Crippen molar-refractivity contribution in [3.8, 4) is 0 Å². The topological polar surface area (TPSA) is 159 Å². The van der Waals surface area contributed by atoms with E-state index in [1.165, 1.54) is 0 Å². The summed E-state index contributed by atoms with van der Waals surface area (Å²) in [5, 5.41) is 14.7. The summed E-state index contributed by atoms with van der Waals surface area (Å²) in [5.74, 6) is -3.21. The van der Waals surface area contributed by atoms with Crippen LogP contribution in [0.4, 0.5) is 0 Å². The Morgan fingerprint density at radius 3 is 2.23 bits per heavy atom. The average molecular weight is 611 g/mol. The van der Waals surface area contributed by atoms with Gasteiger partial charge in [0.25, 0.3) is 0 Å². The highest BCUT2D eigenvalue weighted by atomic mass is 17.3. The molecule has 1 aliphatic carbocycles. The molecule has 0 aromatic carbocycles. The lowest BCUT2D eigenvalue weighted by Crippen LogP contribution is -2.70. The first-order valence-electron chi connectivity index (χ1n) is 15.9. The van der Waals surface area contributed by atoms with E-state index in [2.05, 4.69) is 17.6 Å². The van der Waals surface area contributed by atoms with E-state index < -0.39 is 59.8 Å². The standard InChI is InChI=1S/C31H50N2O10/c1-16(2)14-22(26(36)33-23(27(37)38)15-17(3)4)32-24(34)10-11-25(35)39-28-19(6)21-9-8-18(5)20-12-13-30(7)41-29(40-28)31(20,21)43-42-30/h16-23,28-29H,8-15H2,1-7H3,(H,32,34)(H,33,36)(H,37,38)/t18-,19-,20+,21+,22+,23+,28-,29-,30+,31-/m1/s1. The second-order valence-electron chi connectivity index (χ2n) is 14.0. The van der Waals surface area contributed by atoms with E-state index in [1.807, 2.05) is 41.5 Å². The van der Waals surface area contributed by atoms with E-state index in [-0.39, 0.29) is 48.9 Å². The number of carboxylic acids is 1. The number of hydrogen-bond acceptors (Lipinski definition) is 9. The van der Waals surface area contributed by atoms with Crippen molar-refractivity contribution in [1.29, 1.82) is 0 Å². The molecule has 5 fully saturated rings. The van der Waals surface area contributed by atoms with Crippen molar-refractivity contribution in [2.24, 2.45) is 35.5 Å². The molecule has 3 N–H and O–H groups in total. The Hall–Kier alpha value is -2.28. The SMILES string of the molecule is CC(C)C[C@H](NC(=O)[C@H](CC(C)C)NC(=O)CCC(=O)O[C@@H]1O[C@@H]2O[C@]3(C)CC[C@H]4[C@H](C)CC[C@@H]([C@H]1C)[C@@]24OO3)C(=O)O. The van der Waals surface area contributed by atoms with Crippen LogP contribution in [-0.4, -0.2) is 64.9 Å². The van der Waals surface area contributed by atoms with E-state index in [0.717, 1.165) is 19.3 Å². The second-order valence-corrected chi connectivity index (χ2v) is 14.0. The Morgan fingerprint density at radius 1 is 0.907 bits per heavy atom. The van der Waals surface area contributed by atoms with Crippen LogP contribution in [0.1, 0.15) is 99.8 Å². The number of carbonyl (C=O) groups is 4. The Balaban J connectivity index is 1.34. The first-order chi connectivity index (χ1) is 20.1. The molecule has 1 saturated carbocycles. The summed E-state index contributed by atoms with van der Waals surface area (Å²) in [5.41, 5.74) is -0.767. The van der Waals surface area contributed by atoms with Gasteiger partial charge in [-0.1, -0.05) is 41.5 Å². The fourth-order valence-corrected chi connectivity index (χ4v) is 7.35. The maximum absolute atomic E-state index is 12.9. The van der Waals surface area contributed by atoms with Gasteiger partial charge in [-0.15, -0.1) is 0 Å². The summed E-state index contributed by atoms with van der Waals surface area (Å²) < 4.78 is 18.4. The molecule has 2 bridgehead atoms. The minimum atomic E-state index is -1.13. The van der Waals surface area contributed by atoms with Crippen LogP contribution in [0.2, 0.25) is 0 Å². The van der Waals surface area contributed by atoms with Crippen LogP contribution in [0.15, 0.2) is 0 Å². The number of fused-ring (bicyclic) bond motifs is 2. The molecule has 12 heteroatoms. The number of hydrogen-bond donors (Lipinski definition) is 3. The molecule has 5 aliphatic rings. The van der Waals surface area contributed by atoms with Crippen LogP contribution in [-0.2, 0) is 43.2 Å². The number of carboxylic acid groups (broad SMARTS) is 1. The summed E-state index contributed by atoms with van der Waals surface area (Å²) in [6.45, 7) is 13.6. The molecule has 4 saturated heterocycles. The van der Waals surface area contributed by atoms with E-state index in [4.69, 9.17) is 24.0 Å². The minimum absolute atomic E-state index is 0.00294. The van der Waals surface area contributed by atoms with Gasteiger partial charge < -0.3 is 30.0 Å². The van der Waals surface area contributed by atoms with Crippen molar-refractivity contribution in [3.63, 3.8) is 0 Å². The zero-order valence-corrected chi connectivity index (χ0v) is 26.6. The zero-order chi connectivity index (χ0) is 31.7. The molecular weight excluding hydrogens is 560 g/mol. The van der Waals surface area contributed by atoms with Crippen LogP contribution < -0.4 is 10.6 Å². The van der Waals surface area contributed by atoms with Gasteiger partial charge in [0.2, 0.25) is 23.9 Å². The molecule has 0 unspecified atom stereocenters. The highest BCUT2D eigenvalue weighted by Gasteiger charge is 2.69.